The molecule has 22 heavy (non-hydrogen) atoms. The summed E-state index contributed by atoms with van der Waals surface area (Å²) in [4.78, 5) is 23.9. The van der Waals surface area contributed by atoms with Crippen LogP contribution in [0.3, 0.4) is 0 Å². The summed E-state index contributed by atoms with van der Waals surface area (Å²) in [7, 11) is 0. The third-order valence-electron chi connectivity index (χ3n) is 2.93. The van der Waals surface area contributed by atoms with Crippen LogP contribution in [0.5, 0.6) is 0 Å². The molecule has 0 aliphatic carbocycles. The molecule has 0 radical (unpaired) electrons. The van der Waals surface area contributed by atoms with Crippen molar-refractivity contribution >= 4 is 17.5 Å². The van der Waals surface area contributed by atoms with Gasteiger partial charge in [0.1, 0.15) is 5.82 Å². The molecule has 0 bridgehead atoms. The van der Waals surface area contributed by atoms with Gasteiger partial charge in [0.25, 0.3) is 11.8 Å². The first kappa shape index (κ1) is 15.7. The first-order chi connectivity index (χ1) is 10.5. The highest BCUT2D eigenvalue weighted by Crippen LogP contribution is 2.11. The van der Waals surface area contributed by atoms with Gasteiger partial charge < -0.3 is 10.6 Å². The largest absolute Gasteiger partial charge is 0.350 e. The molecular weight excluding hydrogens is 283 g/mol. The lowest BCUT2D eigenvalue weighted by atomic mass is 10.1. The number of hydrogen-bond donors (Lipinski definition) is 2. The molecule has 2 aromatic carbocycles. The summed E-state index contributed by atoms with van der Waals surface area (Å²) in [6.45, 7) is 3.75. The maximum atomic E-state index is 12.8. The lowest BCUT2D eigenvalue weighted by Gasteiger charge is -2.09. The van der Waals surface area contributed by atoms with E-state index in [0.29, 0.717) is 16.8 Å². The Hall–Kier alpha value is -2.69. The van der Waals surface area contributed by atoms with Crippen LogP contribution in [0.2, 0.25) is 0 Å². The Morgan fingerprint density at radius 3 is 1.86 bits per heavy atom. The predicted molar refractivity (Wildman–Crippen MR) is 83.4 cm³/mol. The lowest BCUT2D eigenvalue weighted by molar-refractivity contribution is 0.0941. The van der Waals surface area contributed by atoms with Crippen LogP contribution < -0.4 is 10.6 Å². The van der Waals surface area contributed by atoms with Gasteiger partial charge in [-0.3, -0.25) is 9.59 Å². The van der Waals surface area contributed by atoms with Crippen LogP contribution in [0.4, 0.5) is 10.1 Å². The number of nitrogens with one attached hydrogen (secondary N) is 2. The fourth-order valence-corrected chi connectivity index (χ4v) is 1.85. The van der Waals surface area contributed by atoms with Gasteiger partial charge in [-0.05, 0) is 62.4 Å². The average molecular weight is 300 g/mol. The smallest absolute Gasteiger partial charge is 0.255 e. The standard InChI is InChI=1S/C17H17FN2O2/c1-11(2)19-16(21)12-3-5-13(6-4-12)17(22)20-15-9-7-14(18)8-10-15/h3-11H,1-2H3,(H,19,21)(H,20,22). The Morgan fingerprint density at radius 1 is 0.864 bits per heavy atom. The number of hydrogen-bond acceptors (Lipinski definition) is 2. The van der Waals surface area contributed by atoms with Crippen molar-refractivity contribution in [1.29, 1.82) is 0 Å². The van der Waals surface area contributed by atoms with Crippen molar-refractivity contribution in [2.45, 2.75) is 19.9 Å². The number of halogens is 1. The van der Waals surface area contributed by atoms with E-state index in [1.54, 1.807) is 24.3 Å². The van der Waals surface area contributed by atoms with E-state index in [4.69, 9.17) is 0 Å². The van der Waals surface area contributed by atoms with Gasteiger partial charge in [-0.1, -0.05) is 0 Å². The van der Waals surface area contributed by atoms with E-state index in [1.807, 2.05) is 13.8 Å². The normalized spacial score (nSPS) is 10.4. The molecule has 0 heterocycles. The topological polar surface area (TPSA) is 58.2 Å². The minimum Gasteiger partial charge on any atom is -0.350 e. The number of anilines is 1. The molecule has 0 saturated heterocycles. The summed E-state index contributed by atoms with van der Waals surface area (Å²) in [5.74, 6) is -0.860. The molecule has 114 valence electrons. The molecular formula is C17H17FN2O2. The number of amides is 2. The Morgan fingerprint density at radius 2 is 1.36 bits per heavy atom. The first-order valence-electron chi connectivity index (χ1n) is 6.93. The molecule has 0 aliphatic heterocycles. The third kappa shape index (κ3) is 4.15. The molecule has 0 spiro atoms. The molecule has 2 aromatic rings. The zero-order valence-corrected chi connectivity index (χ0v) is 12.4. The minimum atomic E-state index is -0.362. The van der Waals surface area contributed by atoms with Gasteiger partial charge in [-0.25, -0.2) is 4.39 Å². The number of carbonyl (C=O) groups excluding carboxylic acids is 2. The van der Waals surface area contributed by atoms with Crippen molar-refractivity contribution in [3.05, 3.63) is 65.5 Å². The van der Waals surface area contributed by atoms with Crippen LogP contribution in [-0.2, 0) is 0 Å². The highest BCUT2D eigenvalue weighted by atomic mass is 19.1. The lowest BCUT2D eigenvalue weighted by Crippen LogP contribution is -2.30. The molecule has 0 unspecified atom stereocenters. The summed E-state index contributed by atoms with van der Waals surface area (Å²) in [5, 5.41) is 5.44. The fourth-order valence-electron chi connectivity index (χ4n) is 1.85. The average Bonchev–Trinajstić information content (AvgIpc) is 2.49. The van der Waals surface area contributed by atoms with Crippen molar-refractivity contribution in [2.24, 2.45) is 0 Å². The van der Waals surface area contributed by atoms with Gasteiger partial charge in [-0.2, -0.15) is 0 Å². The molecule has 0 saturated carbocycles. The van der Waals surface area contributed by atoms with E-state index in [-0.39, 0.29) is 23.7 Å². The van der Waals surface area contributed by atoms with Gasteiger partial charge in [-0.15, -0.1) is 0 Å². The van der Waals surface area contributed by atoms with Gasteiger partial charge in [0.2, 0.25) is 0 Å². The fraction of sp³-hybridized carbons (Fsp3) is 0.176. The van der Waals surface area contributed by atoms with E-state index in [9.17, 15) is 14.0 Å². The molecule has 2 N–H and O–H groups in total. The van der Waals surface area contributed by atoms with E-state index >= 15 is 0 Å². The highest BCUT2D eigenvalue weighted by Gasteiger charge is 2.10. The van der Waals surface area contributed by atoms with Crippen LogP contribution >= 0.6 is 0 Å². The van der Waals surface area contributed by atoms with Crippen molar-refractivity contribution in [1.82, 2.24) is 5.32 Å². The van der Waals surface area contributed by atoms with Crippen LogP contribution in [0.1, 0.15) is 34.6 Å². The second-order valence-electron chi connectivity index (χ2n) is 5.17. The van der Waals surface area contributed by atoms with Crippen LogP contribution in [0, 0.1) is 5.82 Å². The molecule has 0 aliphatic rings. The molecule has 0 aromatic heterocycles. The molecule has 2 amide bonds. The summed E-state index contributed by atoms with van der Waals surface area (Å²) in [5.41, 5.74) is 1.42. The Kier molecular flexibility index (Phi) is 4.88. The molecule has 0 fully saturated rings. The van der Waals surface area contributed by atoms with Gasteiger partial charge in [0.05, 0.1) is 0 Å². The third-order valence-corrected chi connectivity index (χ3v) is 2.93. The van der Waals surface area contributed by atoms with E-state index in [0.717, 1.165) is 0 Å². The van der Waals surface area contributed by atoms with E-state index in [2.05, 4.69) is 10.6 Å². The molecule has 0 atom stereocenters. The minimum absolute atomic E-state index is 0.0500. The SMILES string of the molecule is CC(C)NC(=O)c1ccc(C(=O)Nc2ccc(F)cc2)cc1. The van der Waals surface area contributed by atoms with Gasteiger partial charge in [0, 0.05) is 22.9 Å². The number of benzene rings is 2. The highest BCUT2D eigenvalue weighted by molar-refractivity contribution is 6.05. The van der Waals surface area contributed by atoms with Crippen LogP contribution in [0.15, 0.2) is 48.5 Å². The Labute approximate surface area is 128 Å². The van der Waals surface area contributed by atoms with E-state index in [1.165, 1.54) is 24.3 Å². The Bertz CT molecular complexity index is 664. The number of carbonyl (C=O) groups is 2. The first-order valence-corrected chi connectivity index (χ1v) is 6.93. The van der Waals surface area contributed by atoms with E-state index < -0.39 is 0 Å². The quantitative estimate of drug-likeness (QED) is 0.911. The summed E-state index contributed by atoms with van der Waals surface area (Å²) >= 11 is 0. The Balaban J connectivity index is 2.05. The van der Waals surface area contributed by atoms with Gasteiger partial charge >= 0.3 is 0 Å². The van der Waals surface area contributed by atoms with Gasteiger partial charge in [0.15, 0.2) is 0 Å². The van der Waals surface area contributed by atoms with Crippen molar-refractivity contribution in [2.75, 3.05) is 5.32 Å². The van der Waals surface area contributed by atoms with Crippen LogP contribution in [0.25, 0.3) is 0 Å². The van der Waals surface area contributed by atoms with Crippen LogP contribution in [-0.4, -0.2) is 17.9 Å². The van der Waals surface area contributed by atoms with Crippen molar-refractivity contribution in [3.63, 3.8) is 0 Å². The summed E-state index contributed by atoms with van der Waals surface area (Å²) in [6.07, 6.45) is 0. The summed E-state index contributed by atoms with van der Waals surface area (Å²) in [6, 6.07) is 11.9. The zero-order valence-electron chi connectivity index (χ0n) is 12.4. The maximum absolute atomic E-state index is 12.8. The maximum Gasteiger partial charge on any atom is 0.255 e. The molecule has 5 heteroatoms. The molecule has 4 nitrogen and oxygen atoms in total. The molecule has 2 rings (SSSR count). The number of rotatable bonds is 4. The van der Waals surface area contributed by atoms with Crippen molar-refractivity contribution in [3.8, 4) is 0 Å². The second kappa shape index (κ2) is 6.85. The predicted octanol–water partition coefficient (Wildman–Crippen LogP) is 3.22. The summed E-state index contributed by atoms with van der Waals surface area (Å²) < 4.78 is 12.8. The zero-order chi connectivity index (χ0) is 16.1. The van der Waals surface area contributed by atoms with Crippen molar-refractivity contribution < 1.29 is 14.0 Å². The second-order valence-corrected chi connectivity index (χ2v) is 5.17. The monoisotopic (exact) mass is 300 g/mol.